The van der Waals surface area contributed by atoms with Crippen LogP contribution in [-0.4, -0.2) is 12.1 Å². The molecule has 150 valence electrons. The van der Waals surface area contributed by atoms with Gasteiger partial charge in [-0.15, -0.1) is 6.58 Å². The van der Waals surface area contributed by atoms with E-state index in [-0.39, 0.29) is 5.78 Å². The number of Topliss-reactive ketones (excluding diaryl/α,β-unsaturated/α-hetero) is 1. The van der Waals surface area contributed by atoms with Crippen LogP contribution in [0.3, 0.4) is 0 Å². The van der Waals surface area contributed by atoms with Crippen LogP contribution in [0.1, 0.15) is 30.0 Å². The largest absolute Gasteiger partial charge is 0.303 e. The maximum absolute atomic E-state index is 10.6. The topological polar surface area (TPSA) is 34.1 Å². The molecule has 0 aliphatic carbocycles. The lowest BCUT2D eigenvalue weighted by Crippen LogP contribution is -1.94. The Balaban J connectivity index is 0.000000218. The SMILES string of the molecule is C=CCc1ccccc1.CC(=O)Cc1ccccc1.O=CCCc1ccccc1. The van der Waals surface area contributed by atoms with Crippen molar-refractivity contribution in [2.24, 2.45) is 0 Å². The Kier molecular flexibility index (Phi) is 12.9. The summed E-state index contributed by atoms with van der Waals surface area (Å²) >= 11 is 0. The number of benzene rings is 3. The second-order valence-corrected chi connectivity index (χ2v) is 6.53. The van der Waals surface area contributed by atoms with Crippen LogP contribution in [0.25, 0.3) is 0 Å². The summed E-state index contributed by atoms with van der Waals surface area (Å²) in [5.74, 6) is 0.214. The van der Waals surface area contributed by atoms with Gasteiger partial charge in [-0.3, -0.25) is 4.79 Å². The van der Waals surface area contributed by atoms with Crippen LogP contribution in [0.5, 0.6) is 0 Å². The molecular weight excluding hydrogens is 356 g/mol. The van der Waals surface area contributed by atoms with Crippen molar-refractivity contribution in [2.45, 2.75) is 32.6 Å². The molecule has 0 aromatic heterocycles. The molecule has 3 aromatic rings. The van der Waals surface area contributed by atoms with Gasteiger partial charge in [-0.25, -0.2) is 0 Å². The molecule has 0 N–H and O–H groups in total. The smallest absolute Gasteiger partial charge is 0.134 e. The summed E-state index contributed by atoms with van der Waals surface area (Å²) < 4.78 is 0. The van der Waals surface area contributed by atoms with E-state index in [0.717, 1.165) is 24.7 Å². The summed E-state index contributed by atoms with van der Waals surface area (Å²) in [5.41, 5.74) is 3.65. The highest BCUT2D eigenvalue weighted by molar-refractivity contribution is 5.78. The number of hydrogen-bond acceptors (Lipinski definition) is 2. The Bertz CT molecular complexity index is 809. The Morgan fingerprint density at radius 1 is 0.759 bits per heavy atom. The number of rotatable bonds is 7. The van der Waals surface area contributed by atoms with Gasteiger partial charge >= 0.3 is 0 Å². The van der Waals surface area contributed by atoms with Crippen LogP contribution >= 0.6 is 0 Å². The first-order chi connectivity index (χ1) is 14.2. The normalized spacial score (nSPS) is 9.14. The number of allylic oxidation sites excluding steroid dienone is 1. The third-order valence-electron chi connectivity index (χ3n) is 3.91. The quantitative estimate of drug-likeness (QED) is 0.366. The van der Waals surface area contributed by atoms with E-state index >= 15 is 0 Å². The minimum atomic E-state index is 0.214. The first kappa shape index (κ1) is 23.8. The van der Waals surface area contributed by atoms with Gasteiger partial charge in [0, 0.05) is 12.8 Å². The fraction of sp³-hybridized carbons (Fsp3) is 0.185. The third-order valence-corrected chi connectivity index (χ3v) is 3.91. The van der Waals surface area contributed by atoms with Crippen molar-refractivity contribution >= 4 is 12.1 Å². The summed E-state index contributed by atoms with van der Waals surface area (Å²) in [6, 6.07) is 30.1. The molecule has 0 aliphatic rings. The summed E-state index contributed by atoms with van der Waals surface area (Å²) in [5, 5.41) is 0. The summed E-state index contributed by atoms with van der Waals surface area (Å²) in [6.45, 7) is 5.26. The molecule has 2 heteroatoms. The van der Waals surface area contributed by atoms with Gasteiger partial charge in [-0.1, -0.05) is 97.1 Å². The molecule has 0 bridgehead atoms. The molecule has 0 radical (unpaired) electrons. The van der Waals surface area contributed by atoms with E-state index < -0.39 is 0 Å². The lowest BCUT2D eigenvalue weighted by Gasteiger charge is -1.93. The van der Waals surface area contributed by atoms with E-state index in [1.165, 1.54) is 11.1 Å². The summed E-state index contributed by atoms with van der Waals surface area (Å²) in [4.78, 5) is 20.6. The molecular formula is C27H30O2. The minimum absolute atomic E-state index is 0.214. The average Bonchev–Trinajstić information content (AvgIpc) is 2.75. The van der Waals surface area contributed by atoms with Crippen LogP contribution in [0.15, 0.2) is 104 Å². The second kappa shape index (κ2) is 15.8. The van der Waals surface area contributed by atoms with Gasteiger partial charge in [0.25, 0.3) is 0 Å². The molecule has 0 unspecified atom stereocenters. The summed E-state index contributed by atoms with van der Waals surface area (Å²) in [7, 11) is 0. The number of carbonyl (C=O) groups excluding carboxylic acids is 2. The lowest BCUT2D eigenvalue weighted by atomic mass is 10.1. The lowest BCUT2D eigenvalue weighted by molar-refractivity contribution is -0.116. The van der Waals surface area contributed by atoms with Gasteiger partial charge in [-0.2, -0.15) is 0 Å². The monoisotopic (exact) mass is 386 g/mol. The minimum Gasteiger partial charge on any atom is -0.303 e. The van der Waals surface area contributed by atoms with Gasteiger partial charge in [0.2, 0.25) is 0 Å². The predicted octanol–water partition coefficient (Wildman–Crippen LogP) is 6.05. The van der Waals surface area contributed by atoms with Crippen molar-refractivity contribution in [3.8, 4) is 0 Å². The number of aldehydes is 1. The molecule has 3 rings (SSSR count). The average molecular weight is 387 g/mol. The molecule has 0 spiro atoms. The summed E-state index contributed by atoms with van der Waals surface area (Å²) in [6.07, 6.45) is 5.89. The maximum Gasteiger partial charge on any atom is 0.134 e. The Morgan fingerprint density at radius 3 is 1.62 bits per heavy atom. The van der Waals surface area contributed by atoms with Crippen LogP contribution in [0.4, 0.5) is 0 Å². The zero-order valence-electron chi connectivity index (χ0n) is 17.2. The molecule has 3 aromatic carbocycles. The molecule has 29 heavy (non-hydrogen) atoms. The fourth-order valence-corrected chi connectivity index (χ4v) is 2.53. The number of hydrogen-bond donors (Lipinski definition) is 0. The maximum atomic E-state index is 10.6. The highest BCUT2D eigenvalue weighted by Gasteiger charge is 1.93. The Hall–Kier alpha value is -3.26. The second-order valence-electron chi connectivity index (χ2n) is 6.53. The molecule has 0 saturated carbocycles. The van der Waals surface area contributed by atoms with Crippen molar-refractivity contribution in [2.75, 3.05) is 0 Å². The van der Waals surface area contributed by atoms with Crippen LogP contribution in [0, 0.1) is 0 Å². The van der Waals surface area contributed by atoms with E-state index in [2.05, 4.69) is 18.7 Å². The van der Waals surface area contributed by atoms with Crippen LogP contribution in [0.2, 0.25) is 0 Å². The van der Waals surface area contributed by atoms with E-state index in [9.17, 15) is 9.59 Å². The number of aryl methyl sites for hydroxylation is 1. The first-order valence-corrected chi connectivity index (χ1v) is 9.81. The van der Waals surface area contributed by atoms with Crippen LogP contribution in [-0.2, 0) is 28.9 Å². The molecule has 0 saturated heterocycles. The number of ketones is 1. The van der Waals surface area contributed by atoms with Gasteiger partial charge < -0.3 is 4.79 Å². The van der Waals surface area contributed by atoms with Crippen molar-refractivity contribution < 1.29 is 9.59 Å². The molecule has 0 heterocycles. The van der Waals surface area contributed by atoms with Crippen molar-refractivity contribution in [3.63, 3.8) is 0 Å². The molecule has 0 fully saturated rings. The van der Waals surface area contributed by atoms with Gasteiger partial charge in [0.1, 0.15) is 12.1 Å². The highest BCUT2D eigenvalue weighted by atomic mass is 16.1. The Labute approximate surface area is 174 Å². The van der Waals surface area contributed by atoms with Gasteiger partial charge in [0.05, 0.1) is 0 Å². The number of carbonyl (C=O) groups is 2. The van der Waals surface area contributed by atoms with E-state index in [0.29, 0.717) is 12.8 Å². The Morgan fingerprint density at radius 2 is 1.21 bits per heavy atom. The molecule has 0 amide bonds. The standard InChI is InChI=1S/2C9H10O.C9H10/c1-8(10)7-9-5-3-2-4-6-9;10-8-4-7-9-5-2-1-3-6-9;1-2-6-9-7-4-3-5-8-9/h2-6H,7H2,1H3;1-3,5-6,8H,4,7H2;2-5,7-8H,1,6H2. The zero-order valence-corrected chi connectivity index (χ0v) is 17.2. The van der Waals surface area contributed by atoms with E-state index in [1.807, 2.05) is 84.9 Å². The van der Waals surface area contributed by atoms with Crippen LogP contribution < -0.4 is 0 Å². The van der Waals surface area contributed by atoms with Crippen molar-refractivity contribution in [1.29, 1.82) is 0 Å². The molecule has 2 nitrogen and oxygen atoms in total. The van der Waals surface area contributed by atoms with E-state index in [1.54, 1.807) is 6.92 Å². The molecule has 0 aliphatic heterocycles. The molecule has 0 atom stereocenters. The zero-order chi connectivity index (χ0) is 21.2. The van der Waals surface area contributed by atoms with Gasteiger partial charge in [-0.05, 0) is 36.5 Å². The van der Waals surface area contributed by atoms with Gasteiger partial charge in [0.15, 0.2) is 0 Å². The van der Waals surface area contributed by atoms with E-state index in [4.69, 9.17) is 0 Å². The fourth-order valence-electron chi connectivity index (χ4n) is 2.53. The predicted molar refractivity (Wildman–Crippen MR) is 122 cm³/mol. The first-order valence-electron chi connectivity index (χ1n) is 9.81. The third kappa shape index (κ3) is 12.7. The van der Waals surface area contributed by atoms with Crippen molar-refractivity contribution in [3.05, 3.63) is 120 Å². The highest BCUT2D eigenvalue weighted by Crippen LogP contribution is 2.00. The van der Waals surface area contributed by atoms with Crippen molar-refractivity contribution in [1.82, 2.24) is 0 Å².